The van der Waals surface area contributed by atoms with Gasteiger partial charge in [-0.25, -0.2) is 4.90 Å². The number of hydrogen-bond donors (Lipinski definition) is 0. The van der Waals surface area contributed by atoms with E-state index >= 15 is 0 Å². The average Bonchev–Trinajstić information content (AvgIpc) is 3.08. The quantitative estimate of drug-likeness (QED) is 0.589. The van der Waals surface area contributed by atoms with Crippen molar-refractivity contribution in [2.75, 3.05) is 4.90 Å². The van der Waals surface area contributed by atoms with Crippen molar-refractivity contribution in [1.29, 1.82) is 0 Å². The number of anilines is 1. The topological polar surface area (TPSA) is 37.4 Å². The molecular weight excluding hydrogens is 274 g/mol. The predicted molar refractivity (Wildman–Crippen MR) is 83.2 cm³/mol. The van der Waals surface area contributed by atoms with E-state index < -0.39 is 0 Å². The van der Waals surface area contributed by atoms with Gasteiger partial charge in [0, 0.05) is 0 Å². The van der Waals surface area contributed by atoms with E-state index in [4.69, 9.17) is 0 Å². The molecule has 3 nitrogen and oxygen atoms in total. The number of carbonyl (C=O) groups excluding carboxylic acids is 2. The Balaban J connectivity index is 1.62. The first-order valence-corrected chi connectivity index (χ1v) is 8.18. The van der Waals surface area contributed by atoms with Gasteiger partial charge in [-0.2, -0.15) is 0 Å². The summed E-state index contributed by atoms with van der Waals surface area (Å²) in [4.78, 5) is 27.7. The maximum Gasteiger partial charge on any atom is 0.238 e. The minimum atomic E-state index is -0.107. The number of allylic oxidation sites excluding steroid dienone is 2. The lowest BCUT2D eigenvalue weighted by atomic mass is 9.85. The summed E-state index contributed by atoms with van der Waals surface area (Å²) in [6.45, 7) is 3.96. The Labute approximate surface area is 130 Å². The first kappa shape index (κ1) is 12.6. The van der Waals surface area contributed by atoms with Gasteiger partial charge < -0.3 is 0 Å². The van der Waals surface area contributed by atoms with Crippen LogP contribution < -0.4 is 4.90 Å². The van der Waals surface area contributed by atoms with Gasteiger partial charge >= 0.3 is 0 Å². The van der Waals surface area contributed by atoms with E-state index in [0.29, 0.717) is 11.8 Å². The standard InChI is InChI=1S/C19H19NO2/c1-10-4-3-5-11(2)16(10)20-17(21)14-12-6-7-13(15(14)18(20)22)19(12)8-9-19/h3-7,12-15H,8-9H2,1-2H3/t12-,13+,14-,15+. The van der Waals surface area contributed by atoms with E-state index in [1.54, 1.807) is 0 Å². The van der Waals surface area contributed by atoms with Crippen molar-refractivity contribution in [3.05, 3.63) is 41.5 Å². The molecule has 22 heavy (non-hydrogen) atoms. The number of amides is 2. The molecule has 3 heteroatoms. The summed E-state index contributed by atoms with van der Waals surface area (Å²) in [7, 11) is 0. The van der Waals surface area contributed by atoms with Crippen LogP contribution in [0.4, 0.5) is 5.69 Å². The Bertz CT molecular complexity index is 704. The molecule has 0 unspecified atom stereocenters. The fourth-order valence-electron chi connectivity index (χ4n) is 5.46. The fraction of sp³-hybridized carbons (Fsp3) is 0.474. The van der Waals surface area contributed by atoms with E-state index in [2.05, 4.69) is 12.2 Å². The minimum Gasteiger partial charge on any atom is -0.274 e. The SMILES string of the molecule is Cc1cccc(C)c1N1C(=O)[C@@H]2[C@H](C1=O)[C@H]1C=C[C@@H]2C12CC2. The highest BCUT2D eigenvalue weighted by atomic mass is 16.2. The van der Waals surface area contributed by atoms with Crippen LogP contribution in [0.3, 0.4) is 0 Å². The van der Waals surface area contributed by atoms with Crippen molar-refractivity contribution in [3.63, 3.8) is 0 Å². The van der Waals surface area contributed by atoms with Gasteiger partial charge in [-0.15, -0.1) is 0 Å². The van der Waals surface area contributed by atoms with Crippen LogP contribution in [-0.2, 0) is 9.59 Å². The van der Waals surface area contributed by atoms with Crippen molar-refractivity contribution >= 4 is 17.5 Å². The molecule has 2 bridgehead atoms. The largest absolute Gasteiger partial charge is 0.274 e. The number of aryl methyl sites for hydroxylation is 2. The Morgan fingerprint density at radius 2 is 1.45 bits per heavy atom. The van der Waals surface area contributed by atoms with Crippen LogP contribution in [0.2, 0.25) is 0 Å². The monoisotopic (exact) mass is 293 g/mol. The molecule has 0 radical (unpaired) electrons. The maximum absolute atomic E-state index is 13.1. The Morgan fingerprint density at radius 3 is 1.91 bits per heavy atom. The average molecular weight is 293 g/mol. The van der Waals surface area contributed by atoms with E-state index in [9.17, 15) is 9.59 Å². The van der Waals surface area contributed by atoms with Gasteiger partial charge in [0.2, 0.25) is 11.8 Å². The van der Waals surface area contributed by atoms with Crippen LogP contribution >= 0.6 is 0 Å². The van der Waals surface area contributed by atoms with Gasteiger partial charge in [0.15, 0.2) is 0 Å². The van der Waals surface area contributed by atoms with E-state index in [1.807, 2.05) is 32.0 Å². The number of benzene rings is 1. The normalized spacial score (nSPS) is 36.5. The fourth-order valence-corrected chi connectivity index (χ4v) is 5.46. The molecule has 0 N–H and O–H groups in total. The van der Waals surface area contributed by atoms with Crippen molar-refractivity contribution in [2.24, 2.45) is 29.1 Å². The summed E-state index contributed by atoms with van der Waals surface area (Å²) in [6, 6.07) is 5.93. The van der Waals surface area contributed by atoms with Crippen molar-refractivity contribution < 1.29 is 9.59 Å². The molecule has 3 fully saturated rings. The van der Waals surface area contributed by atoms with Crippen molar-refractivity contribution in [3.8, 4) is 0 Å². The summed E-state index contributed by atoms with van der Waals surface area (Å²) in [5.74, 6) is 0.459. The third-order valence-corrected chi connectivity index (χ3v) is 6.52. The highest BCUT2D eigenvalue weighted by Gasteiger charge is 2.73. The Hall–Kier alpha value is -1.90. The molecule has 1 aromatic rings. The zero-order valence-corrected chi connectivity index (χ0v) is 12.9. The third-order valence-electron chi connectivity index (χ3n) is 6.52. The summed E-state index contributed by atoms with van der Waals surface area (Å²) in [5, 5.41) is 0. The Morgan fingerprint density at radius 1 is 0.955 bits per heavy atom. The summed E-state index contributed by atoms with van der Waals surface area (Å²) in [6.07, 6.45) is 6.81. The summed E-state index contributed by atoms with van der Waals surface area (Å²) >= 11 is 0. The molecule has 5 rings (SSSR count). The van der Waals surface area contributed by atoms with Gasteiger partial charge in [-0.3, -0.25) is 9.59 Å². The minimum absolute atomic E-state index is 0.0375. The van der Waals surface area contributed by atoms with Crippen molar-refractivity contribution in [2.45, 2.75) is 26.7 Å². The lowest BCUT2D eigenvalue weighted by Gasteiger charge is -2.24. The molecule has 0 aromatic heterocycles. The van der Waals surface area contributed by atoms with Gasteiger partial charge in [0.05, 0.1) is 17.5 Å². The number of fused-ring (bicyclic) bond motifs is 3. The summed E-state index contributed by atoms with van der Waals surface area (Å²) in [5.41, 5.74) is 3.09. The van der Waals surface area contributed by atoms with Gasteiger partial charge in [0.25, 0.3) is 0 Å². The van der Waals surface area contributed by atoms with Crippen LogP contribution in [0.5, 0.6) is 0 Å². The van der Waals surface area contributed by atoms with Crippen LogP contribution in [-0.4, -0.2) is 11.8 Å². The molecule has 2 amide bonds. The zero-order chi connectivity index (χ0) is 15.2. The summed E-state index contributed by atoms with van der Waals surface area (Å²) < 4.78 is 0. The van der Waals surface area contributed by atoms with E-state index in [0.717, 1.165) is 16.8 Å². The van der Waals surface area contributed by atoms with Crippen LogP contribution in [0.25, 0.3) is 0 Å². The number of para-hydroxylation sites is 1. The molecule has 4 atom stereocenters. The van der Waals surface area contributed by atoms with Crippen LogP contribution in [0.15, 0.2) is 30.4 Å². The molecule has 4 aliphatic rings. The Kier molecular flexibility index (Phi) is 2.13. The molecule has 1 spiro atoms. The second-order valence-corrected chi connectivity index (χ2v) is 7.47. The van der Waals surface area contributed by atoms with Crippen LogP contribution in [0, 0.1) is 42.9 Å². The second kappa shape index (κ2) is 3.70. The maximum atomic E-state index is 13.1. The molecule has 1 aliphatic heterocycles. The molecule has 112 valence electrons. The van der Waals surface area contributed by atoms with Gasteiger partial charge in [-0.1, -0.05) is 30.4 Å². The molecule has 3 aliphatic carbocycles. The third kappa shape index (κ3) is 1.21. The molecule has 1 heterocycles. The smallest absolute Gasteiger partial charge is 0.238 e. The first-order chi connectivity index (χ1) is 10.6. The van der Waals surface area contributed by atoms with E-state index in [-0.39, 0.29) is 29.1 Å². The van der Waals surface area contributed by atoms with Gasteiger partial charge in [-0.05, 0) is 55.1 Å². The number of carbonyl (C=O) groups is 2. The number of rotatable bonds is 1. The van der Waals surface area contributed by atoms with E-state index in [1.165, 1.54) is 17.7 Å². The number of imide groups is 1. The first-order valence-electron chi connectivity index (χ1n) is 8.18. The predicted octanol–water partition coefficient (Wildman–Crippen LogP) is 3.01. The molecule has 2 saturated carbocycles. The lowest BCUT2D eigenvalue weighted by Crippen LogP contribution is -2.35. The zero-order valence-electron chi connectivity index (χ0n) is 12.9. The molecular formula is C19H19NO2. The lowest BCUT2D eigenvalue weighted by molar-refractivity contribution is -0.123. The second-order valence-electron chi connectivity index (χ2n) is 7.47. The number of nitrogens with zero attached hydrogens (tertiary/aromatic N) is 1. The van der Waals surface area contributed by atoms with Crippen molar-refractivity contribution in [1.82, 2.24) is 0 Å². The van der Waals surface area contributed by atoms with Crippen LogP contribution in [0.1, 0.15) is 24.0 Å². The molecule has 1 saturated heterocycles. The highest BCUT2D eigenvalue weighted by molar-refractivity contribution is 6.23. The highest BCUT2D eigenvalue weighted by Crippen LogP contribution is 2.73. The number of hydrogen-bond acceptors (Lipinski definition) is 2. The van der Waals surface area contributed by atoms with Gasteiger partial charge in [0.1, 0.15) is 0 Å². The molecule has 1 aromatic carbocycles.